The third-order valence-electron chi connectivity index (χ3n) is 2.62. The molecule has 6 heteroatoms. The van der Waals surface area contributed by atoms with E-state index in [2.05, 4.69) is 46.8 Å². The minimum Gasteiger partial charge on any atom is -0.383 e. The van der Waals surface area contributed by atoms with Crippen molar-refractivity contribution in [1.82, 2.24) is 15.0 Å². The largest absolute Gasteiger partial charge is 0.383 e. The lowest BCUT2D eigenvalue weighted by Gasteiger charge is -2.09. The number of aryl methyl sites for hydroxylation is 1. The Balaban J connectivity index is 2.58. The van der Waals surface area contributed by atoms with Crippen molar-refractivity contribution in [3.8, 4) is 11.5 Å². The summed E-state index contributed by atoms with van der Waals surface area (Å²) in [6.07, 6.45) is 2.54. The number of hydrogen-bond acceptors (Lipinski definition) is 4. The van der Waals surface area contributed by atoms with E-state index < -0.39 is 0 Å². The van der Waals surface area contributed by atoms with E-state index >= 15 is 0 Å². The first-order valence-corrected chi connectivity index (χ1v) is 7.06. The Hall–Kier alpha value is -1.01. The Morgan fingerprint density at radius 1 is 1.28 bits per heavy atom. The van der Waals surface area contributed by atoms with Crippen LogP contribution in [0.15, 0.2) is 21.2 Å². The molecule has 18 heavy (non-hydrogen) atoms. The fraction of sp³-hybridized carbons (Fsp3) is 0.250. The number of halogens is 2. The highest BCUT2D eigenvalue weighted by Gasteiger charge is 2.13. The molecule has 2 N–H and O–H groups in total. The van der Waals surface area contributed by atoms with Crippen LogP contribution in [-0.4, -0.2) is 15.0 Å². The summed E-state index contributed by atoms with van der Waals surface area (Å²) in [6.45, 7) is 3.97. The van der Waals surface area contributed by atoms with Gasteiger partial charge in [-0.3, -0.25) is 4.98 Å². The van der Waals surface area contributed by atoms with Crippen molar-refractivity contribution in [2.45, 2.75) is 20.3 Å². The van der Waals surface area contributed by atoms with Gasteiger partial charge in [-0.15, -0.1) is 0 Å². The van der Waals surface area contributed by atoms with Gasteiger partial charge in [0, 0.05) is 26.4 Å². The number of anilines is 1. The Kier molecular flexibility index (Phi) is 3.97. The molecule has 2 rings (SSSR count). The highest BCUT2D eigenvalue weighted by atomic mass is 79.9. The molecule has 0 aliphatic heterocycles. The number of nitrogens with two attached hydrogens (primary N) is 1. The molecule has 0 bridgehead atoms. The zero-order valence-corrected chi connectivity index (χ0v) is 13.2. The zero-order valence-electron chi connectivity index (χ0n) is 10.0. The molecule has 94 valence electrons. The van der Waals surface area contributed by atoms with Crippen molar-refractivity contribution in [2.24, 2.45) is 0 Å². The molecule has 2 aromatic rings. The molecule has 0 spiro atoms. The first-order valence-electron chi connectivity index (χ1n) is 5.47. The molecule has 0 fully saturated rings. The molecule has 0 aliphatic carbocycles. The minimum atomic E-state index is 0.525. The Bertz CT molecular complexity index is 576. The van der Waals surface area contributed by atoms with E-state index in [0.29, 0.717) is 17.3 Å². The van der Waals surface area contributed by atoms with Crippen LogP contribution in [0.1, 0.15) is 18.2 Å². The van der Waals surface area contributed by atoms with Crippen molar-refractivity contribution in [3.63, 3.8) is 0 Å². The number of pyridine rings is 1. The van der Waals surface area contributed by atoms with Gasteiger partial charge in [0.25, 0.3) is 0 Å². The van der Waals surface area contributed by atoms with E-state index in [0.717, 1.165) is 26.6 Å². The summed E-state index contributed by atoms with van der Waals surface area (Å²) in [5.74, 6) is 1.07. The van der Waals surface area contributed by atoms with Gasteiger partial charge < -0.3 is 5.73 Å². The fourth-order valence-corrected chi connectivity index (χ4v) is 2.91. The topological polar surface area (TPSA) is 64.7 Å². The molecule has 0 unspecified atom stereocenters. The van der Waals surface area contributed by atoms with Crippen LogP contribution in [0, 0.1) is 6.92 Å². The average Bonchev–Trinajstić information content (AvgIpc) is 2.28. The quantitative estimate of drug-likeness (QED) is 0.877. The molecule has 0 saturated heterocycles. The molecule has 0 aliphatic rings. The van der Waals surface area contributed by atoms with Crippen molar-refractivity contribution in [1.29, 1.82) is 0 Å². The maximum atomic E-state index is 5.95. The Morgan fingerprint density at radius 2 is 2.00 bits per heavy atom. The molecule has 0 amide bonds. The summed E-state index contributed by atoms with van der Waals surface area (Å²) in [5, 5.41) is 0. The lowest BCUT2D eigenvalue weighted by Crippen LogP contribution is -2.05. The lowest BCUT2D eigenvalue weighted by atomic mass is 10.1. The van der Waals surface area contributed by atoms with E-state index in [1.165, 1.54) is 0 Å². The van der Waals surface area contributed by atoms with Crippen LogP contribution < -0.4 is 5.73 Å². The van der Waals surface area contributed by atoms with E-state index in [1.807, 2.05) is 19.9 Å². The normalized spacial score (nSPS) is 10.7. The SMILES string of the molecule is CCc1c(C)nc(-c2ncc(Br)cc2Br)nc1N. The predicted molar refractivity (Wildman–Crippen MR) is 79.2 cm³/mol. The second-order valence-electron chi connectivity index (χ2n) is 3.83. The van der Waals surface area contributed by atoms with Crippen molar-refractivity contribution >= 4 is 37.7 Å². The summed E-state index contributed by atoms with van der Waals surface area (Å²) in [7, 11) is 0. The predicted octanol–water partition coefficient (Wildman–Crippen LogP) is 3.52. The second-order valence-corrected chi connectivity index (χ2v) is 5.60. The zero-order chi connectivity index (χ0) is 13.3. The number of nitrogens with zero attached hydrogens (tertiary/aromatic N) is 3. The summed E-state index contributed by atoms with van der Waals surface area (Å²) in [5.41, 5.74) is 8.53. The van der Waals surface area contributed by atoms with Crippen LogP contribution in [0.5, 0.6) is 0 Å². The van der Waals surface area contributed by atoms with Gasteiger partial charge in [0.2, 0.25) is 0 Å². The van der Waals surface area contributed by atoms with E-state index in [4.69, 9.17) is 5.73 Å². The summed E-state index contributed by atoms with van der Waals surface area (Å²) >= 11 is 6.82. The molecule has 0 saturated carbocycles. The van der Waals surface area contributed by atoms with Gasteiger partial charge in [0.1, 0.15) is 11.5 Å². The minimum absolute atomic E-state index is 0.525. The van der Waals surface area contributed by atoms with Crippen LogP contribution in [0.2, 0.25) is 0 Å². The average molecular weight is 372 g/mol. The molecular weight excluding hydrogens is 360 g/mol. The molecule has 0 aromatic carbocycles. The summed E-state index contributed by atoms with van der Waals surface area (Å²) in [6, 6.07) is 1.91. The number of hydrogen-bond donors (Lipinski definition) is 1. The first-order chi connectivity index (χ1) is 8.52. The van der Waals surface area contributed by atoms with Crippen LogP contribution in [0.4, 0.5) is 5.82 Å². The van der Waals surface area contributed by atoms with Crippen LogP contribution in [0.25, 0.3) is 11.5 Å². The van der Waals surface area contributed by atoms with Gasteiger partial charge in [-0.25, -0.2) is 9.97 Å². The van der Waals surface area contributed by atoms with Gasteiger partial charge in [0.05, 0.1) is 0 Å². The first kappa shape index (κ1) is 13.4. The van der Waals surface area contributed by atoms with Gasteiger partial charge in [-0.2, -0.15) is 0 Å². The molecule has 0 radical (unpaired) electrons. The highest BCUT2D eigenvalue weighted by molar-refractivity contribution is 9.11. The van der Waals surface area contributed by atoms with E-state index in [-0.39, 0.29) is 0 Å². The molecule has 2 aromatic heterocycles. The fourth-order valence-electron chi connectivity index (χ4n) is 1.74. The molecule has 4 nitrogen and oxygen atoms in total. The second kappa shape index (κ2) is 5.32. The maximum absolute atomic E-state index is 5.95. The van der Waals surface area contributed by atoms with Gasteiger partial charge >= 0.3 is 0 Å². The van der Waals surface area contributed by atoms with Crippen molar-refractivity contribution < 1.29 is 0 Å². The molecular formula is C12H12Br2N4. The monoisotopic (exact) mass is 370 g/mol. The molecule has 0 atom stereocenters. The highest BCUT2D eigenvalue weighted by Crippen LogP contribution is 2.27. The molecule has 2 heterocycles. The van der Waals surface area contributed by atoms with E-state index in [1.54, 1.807) is 6.20 Å². The number of rotatable bonds is 2. The Labute approximate surface area is 122 Å². The van der Waals surface area contributed by atoms with Crippen molar-refractivity contribution in [2.75, 3.05) is 5.73 Å². The maximum Gasteiger partial charge on any atom is 0.181 e. The smallest absolute Gasteiger partial charge is 0.181 e. The van der Waals surface area contributed by atoms with Gasteiger partial charge in [0.15, 0.2) is 5.82 Å². The van der Waals surface area contributed by atoms with Crippen molar-refractivity contribution in [3.05, 3.63) is 32.5 Å². The Morgan fingerprint density at radius 3 is 2.56 bits per heavy atom. The van der Waals surface area contributed by atoms with Crippen LogP contribution >= 0.6 is 31.9 Å². The van der Waals surface area contributed by atoms with Gasteiger partial charge in [-0.1, -0.05) is 6.92 Å². The third kappa shape index (κ3) is 2.54. The standard InChI is InChI=1S/C12H12Br2N4/c1-3-8-6(2)17-12(18-11(8)15)10-9(14)4-7(13)5-16-10/h4-5H,3H2,1-2H3,(H2,15,17,18). The summed E-state index contributed by atoms with van der Waals surface area (Å²) < 4.78 is 1.73. The van der Waals surface area contributed by atoms with Gasteiger partial charge in [-0.05, 0) is 51.3 Å². The number of nitrogen functional groups attached to an aromatic ring is 1. The number of aromatic nitrogens is 3. The lowest BCUT2D eigenvalue weighted by molar-refractivity contribution is 1.00. The van der Waals surface area contributed by atoms with Crippen LogP contribution in [-0.2, 0) is 6.42 Å². The van der Waals surface area contributed by atoms with E-state index in [9.17, 15) is 0 Å². The summed E-state index contributed by atoms with van der Waals surface area (Å²) in [4.78, 5) is 13.1. The third-order valence-corrected chi connectivity index (χ3v) is 3.66. The van der Waals surface area contributed by atoms with Crippen LogP contribution in [0.3, 0.4) is 0 Å².